The molecule has 2 heterocycles. The number of imidazole rings is 1. The van der Waals surface area contributed by atoms with Gasteiger partial charge in [0.15, 0.2) is 5.67 Å². The number of rotatable bonds is 3. The summed E-state index contributed by atoms with van der Waals surface area (Å²) in [6, 6.07) is 0. The molecule has 0 atom stereocenters. The summed E-state index contributed by atoms with van der Waals surface area (Å²) in [4.78, 5) is 20.6. The fraction of sp³-hybridized carbons (Fsp3) is 0.733. The number of carbonyl (C=O) groups excluding carboxylic acids is 1. The lowest BCUT2D eigenvalue weighted by atomic mass is 9.81. The fourth-order valence-corrected chi connectivity index (χ4v) is 3.13. The molecule has 116 valence electrons. The number of amides is 1. The molecule has 6 heteroatoms. The van der Waals surface area contributed by atoms with E-state index in [1.807, 2.05) is 20.3 Å². The molecule has 0 aromatic carbocycles. The number of fused-ring (bicyclic) bond motifs is 1. The van der Waals surface area contributed by atoms with Crippen molar-refractivity contribution in [2.75, 3.05) is 27.2 Å². The number of carbonyl (C=O) groups is 1. The second-order valence-electron chi connectivity index (χ2n) is 6.42. The van der Waals surface area contributed by atoms with Crippen LogP contribution in [0.4, 0.5) is 4.39 Å². The van der Waals surface area contributed by atoms with Gasteiger partial charge >= 0.3 is 0 Å². The molecule has 1 aromatic rings. The van der Waals surface area contributed by atoms with Gasteiger partial charge in [-0.15, -0.1) is 0 Å². The molecule has 0 spiro atoms. The third kappa shape index (κ3) is 2.69. The van der Waals surface area contributed by atoms with Gasteiger partial charge < -0.3 is 14.4 Å². The molecule has 2 aliphatic rings. The molecule has 0 radical (unpaired) electrons. The first-order chi connectivity index (χ1) is 9.99. The molecule has 1 saturated carbocycles. The van der Waals surface area contributed by atoms with E-state index in [9.17, 15) is 9.18 Å². The van der Waals surface area contributed by atoms with Crippen LogP contribution in [0.15, 0.2) is 6.20 Å². The SMILES string of the molecule is CN(C)Cc1cnc2n1CCN(C(=O)C1(F)CCC1)CC2. The van der Waals surface area contributed by atoms with Crippen LogP contribution in [0.3, 0.4) is 0 Å². The Labute approximate surface area is 124 Å². The Hall–Kier alpha value is -1.43. The van der Waals surface area contributed by atoms with E-state index in [2.05, 4.69) is 14.5 Å². The zero-order valence-corrected chi connectivity index (χ0v) is 12.8. The number of alkyl halides is 1. The van der Waals surface area contributed by atoms with E-state index in [0.717, 1.165) is 24.5 Å². The van der Waals surface area contributed by atoms with Crippen LogP contribution in [0.2, 0.25) is 0 Å². The van der Waals surface area contributed by atoms with E-state index in [1.54, 1.807) is 4.90 Å². The summed E-state index contributed by atoms with van der Waals surface area (Å²) < 4.78 is 16.5. The van der Waals surface area contributed by atoms with E-state index in [0.29, 0.717) is 38.9 Å². The average molecular weight is 294 g/mol. The zero-order chi connectivity index (χ0) is 15.0. The van der Waals surface area contributed by atoms with E-state index in [1.165, 1.54) is 0 Å². The Morgan fingerprint density at radius 3 is 2.76 bits per heavy atom. The van der Waals surface area contributed by atoms with Crippen molar-refractivity contribution in [2.45, 2.75) is 44.4 Å². The van der Waals surface area contributed by atoms with Gasteiger partial charge in [0.25, 0.3) is 5.91 Å². The van der Waals surface area contributed by atoms with Crippen molar-refractivity contribution < 1.29 is 9.18 Å². The minimum Gasteiger partial charge on any atom is -0.338 e. The highest BCUT2D eigenvalue weighted by Gasteiger charge is 2.47. The molecule has 5 nitrogen and oxygen atoms in total. The van der Waals surface area contributed by atoms with Gasteiger partial charge in [0.05, 0.1) is 5.69 Å². The number of aromatic nitrogens is 2. The van der Waals surface area contributed by atoms with Crippen LogP contribution in [-0.2, 0) is 24.3 Å². The normalized spacial score (nSPS) is 20.9. The predicted octanol–water partition coefficient (Wildman–Crippen LogP) is 1.22. The highest BCUT2D eigenvalue weighted by Crippen LogP contribution is 2.37. The summed E-state index contributed by atoms with van der Waals surface area (Å²) in [6.45, 7) is 2.69. The lowest BCUT2D eigenvalue weighted by molar-refractivity contribution is -0.149. The van der Waals surface area contributed by atoms with Crippen LogP contribution >= 0.6 is 0 Å². The molecular formula is C15H23FN4O. The molecule has 1 amide bonds. The first-order valence-corrected chi connectivity index (χ1v) is 7.66. The maximum Gasteiger partial charge on any atom is 0.260 e. The number of nitrogens with zero attached hydrogens (tertiary/aromatic N) is 4. The molecule has 0 N–H and O–H groups in total. The van der Waals surface area contributed by atoms with Crippen molar-refractivity contribution in [1.82, 2.24) is 19.4 Å². The average Bonchev–Trinajstić information content (AvgIpc) is 2.66. The van der Waals surface area contributed by atoms with Crippen molar-refractivity contribution >= 4 is 5.91 Å². The van der Waals surface area contributed by atoms with Gasteiger partial charge in [0.1, 0.15) is 5.82 Å². The number of halogens is 1. The first-order valence-electron chi connectivity index (χ1n) is 7.66. The van der Waals surface area contributed by atoms with Crippen LogP contribution in [0.25, 0.3) is 0 Å². The molecule has 21 heavy (non-hydrogen) atoms. The highest BCUT2D eigenvalue weighted by atomic mass is 19.1. The molecule has 1 aromatic heterocycles. The first kappa shape index (κ1) is 14.5. The molecule has 0 saturated heterocycles. The Kier molecular flexibility index (Phi) is 3.73. The van der Waals surface area contributed by atoms with Crippen LogP contribution in [-0.4, -0.2) is 58.1 Å². The van der Waals surface area contributed by atoms with E-state index in [4.69, 9.17) is 0 Å². The number of hydrogen-bond acceptors (Lipinski definition) is 3. The standard InChI is InChI=1S/C15H23FN4O/c1-18(2)11-12-10-17-13-4-7-19(8-9-20(12)13)14(21)15(16)5-3-6-15/h10H,3-9,11H2,1-2H3. The quantitative estimate of drug-likeness (QED) is 0.842. The van der Waals surface area contributed by atoms with E-state index < -0.39 is 5.67 Å². The minimum absolute atomic E-state index is 0.311. The Morgan fingerprint density at radius 1 is 1.38 bits per heavy atom. The summed E-state index contributed by atoms with van der Waals surface area (Å²) in [7, 11) is 4.05. The monoisotopic (exact) mass is 294 g/mol. The van der Waals surface area contributed by atoms with E-state index >= 15 is 0 Å². The Balaban J connectivity index is 1.71. The maximum absolute atomic E-state index is 14.3. The summed E-state index contributed by atoms with van der Waals surface area (Å²) in [6.07, 6.45) is 4.22. The van der Waals surface area contributed by atoms with Gasteiger partial charge in [-0.1, -0.05) is 0 Å². The lowest BCUT2D eigenvalue weighted by Crippen LogP contribution is -2.51. The van der Waals surface area contributed by atoms with E-state index in [-0.39, 0.29) is 5.91 Å². The molecule has 1 fully saturated rings. The van der Waals surface area contributed by atoms with Crippen molar-refractivity contribution in [2.24, 2.45) is 0 Å². The maximum atomic E-state index is 14.3. The summed E-state index contributed by atoms with van der Waals surface area (Å²) >= 11 is 0. The van der Waals surface area contributed by atoms with Crippen LogP contribution in [0, 0.1) is 0 Å². The Bertz CT molecular complexity index is 536. The number of hydrogen-bond donors (Lipinski definition) is 0. The summed E-state index contributed by atoms with van der Waals surface area (Å²) in [5.74, 6) is 0.692. The van der Waals surface area contributed by atoms with Crippen LogP contribution in [0.1, 0.15) is 30.8 Å². The zero-order valence-electron chi connectivity index (χ0n) is 12.8. The van der Waals surface area contributed by atoms with Gasteiger partial charge in [-0.2, -0.15) is 0 Å². The lowest BCUT2D eigenvalue weighted by Gasteiger charge is -2.36. The van der Waals surface area contributed by atoms with Gasteiger partial charge in [0.2, 0.25) is 0 Å². The summed E-state index contributed by atoms with van der Waals surface area (Å²) in [5, 5.41) is 0. The molecular weight excluding hydrogens is 271 g/mol. The molecule has 1 aliphatic heterocycles. The predicted molar refractivity (Wildman–Crippen MR) is 77.6 cm³/mol. The molecule has 3 rings (SSSR count). The second kappa shape index (κ2) is 5.40. The van der Waals surface area contributed by atoms with Gasteiger partial charge in [0, 0.05) is 38.8 Å². The van der Waals surface area contributed by atoms with Crippen molar-refractivity contribution in [1.29, 1.82) is 0 Å². The smallest absolute Gasteiger partial charge is 0.260 e. The van der Waals surface area contributed by atoms with Gasteiger partial charge in [-0.25, -0.2) is 9.37 Å². The second-order valence-corrected chi connectivity index (χ2v) is 6.42. The van der Waals surface area contributed by atoms with Crippen LogP contribution < -0.4 is 0 Å². The summed E-state index contributed by atoms with van der Waals surface area (Å²) in [5.41, 5.74) is -0.429. The van der Waals surface area contributed by atoms with Gasteiger partial charge in [-0.05, 0) is 33.4 Å². The largest absolute Gasteiger partial charge is 0.338 e. The minimum atomic E-state index is -1.58. The fourth-order valence-electron chi connectivity index (χ4n) is 3.13. The molecule has 1 aliphatic carbocycles. The molecule has 0 bridgehead atoms. The third-order valence-corrected chi connectivity index (χ3v) is 4.51. The van der Waals surface area contributed by atoms with Gasteiger partial charge in [-0.3, -0.25) is 4.79 Å². The van der Waals surface area contributed by atoms with Crippen LogP contribution in [0.5, 0.6) is 0 Å². The Morgan fingerprint density at radius 2 is 2.14 bits per heavy atom. The third-order valence-electron chi connectivity index (χ3n) is 4.51. The van der Waals surface area contributed by atoms with Crippen molar-refractivity contribution in [3.05, 3.63) is 17.7 Å². The highest BCUT2D eigenvalue weighted by molar-refractivity contribution is 5.86. The van der Waals surface area contributed by atoms with Crippen molar-refractivity contribution in [3.63, 3.8) is 0 Å². The van der Waals surface area contributed by atoms with Crippen molar-refractivity contribution in [3.8, 4) is 0 Å². The topological polar surface area (TPSA) is 41.4 Å². The molecule has 0 unspecified atom stereocenters.